The molecule has 0 radical (unpaired) electrons. The lowest BCUT2D eigenvalue weighted by atomic mass is 9.95. The van der Waals surface area contributed by atoms with Crippen molar-refractivity contribution < 1.29 is 47.7 Å². The van der Waals surface area contributed by atoms with Gasteiger partial charge in [0.2, 0.25) is 12.2 Å². The molecule has 180 valence electrons. The van der Waals surface area contributed by atoms with Crippen LogP contribution in [0.5, 0.6) is 0 Å². The number of carbonyl (C=O) groups excluding carboxylic acids is 5. The van der Waals surface area contributed by atoms with E-state index in [1.807, 2.05) is 0 Å². The van der Waals surface area contributed by atoms with E-state index in [-0.39, 0.29) is 13.0 Å². The van der Waals surface area contributed by atoms with Crippen LogP contribution in [0.3, 0.4) is 0 Å². The van der Waals surface area contributed by atoms with Gasteiger partial charge in [-0.1, -0.05) is 30.3 Å². The molecule has 1 N–H and O–H groups in total. The standard InChI is InChI=1S/C22H27NO10/c1-12(24)29-11-17-20(30-13(2)25)21(31-14(3)26)19(22(33-17)32-15(4)27)23-18(28)10-16-8-6-5-7-9-16/h5-9,17,19-22H,10-11H2,1-4H3,(H,23,28)/t17-,19+,20+,21-,22-/m0/s1. The second-order valence-electron chi connectivity index (χ2n) is 7.36. The summed E-state index contributed by atoms with van der Waals surface area (Å²) in [6.45, 7) is 4.18. The third-order valence-corrected chi connectivity index (χ3v) is 4.52. The molecule has 1 aliphatic heterocycles. The number of esters is 4. The fraction of sp³-hybridized carbons (Fsp3) is 0.500. The van der Waals surface area contributed by atoms with Gasteiger partial charge < -0.3 is 29.0 Å². The average molecular weight is 465 g/mol. The summed E-state index contributed by atoms with van der Waals surface area (Å²) in [7, 11) is 0. The predicted octanol–water partition coefficient (Wildman–Crippen LogP) is 0.428. The Kier molecular flexibility index (Phi) is 9.34. The average Bonchev–Trinajstić information content (AvgIpc) is 2.70. The van der Waals surface area contributed by atoms with Crippen LogP contribution in [-0.2, 0) is 54.1 Å². The fourth-order valence-electron chi connectivity index (χ4n) is 3.34. The minimum atomic E-state index is -1.42. The Hall–Kier alpha value is -3.47. The Morgan fingerprint density at radius 2 is 1.39 bits per heavy atom. The van der Waals surface area contributed by atoms with Gasteiger partial charge in [-0.3, -0.25) is 24.0 Å². The van der Waals surface area contributed by atoms with E-state index in [1.165, 1.54) is 6.92 Å². The minimum absolute atomic E-state index is 0.0218. The Balaban J connectivity index is 2.37. The van der Waals surface area contributed by atoms with E-state index in [9.17, 15) is 24.0 Å². The van der Waals surface area contributed by atoms with Gasteiger partial charge in [-0.05, 0) is 5.56 Å². The first kappa shape index (κ1) is 25.8. The largest absolute Gasteiger partial charge is 0.463 e. The number of amides is 1. The first-order valence-corrected chi connectivity index (χ1v) is 10.2. The zero-order valence-electron chi connectivity index (χ0n) is 18.8. The van der Waals surface area contributed by atoms with Crippen molar-refractivity contribution in [1.29, 1.82) is 0 Å². The number of rotatable bonds is 8. The lowest BCUT2D eigenvalue weighted by Gasteiger charge is -2.44. The van der Waals surface area contributed by atoms with Crippen molar-refractivity contribution >= 4 is 29.8 Å². The van der Waals surface area contributed by atoms with Gasteiger partial charge in [-0.15, -0.1) is 0 Å². The molecule has 1 heterocycles. The highest BCUT2D eigenvalue weighted by molar-refractivity contribution is 5.79. The van der Waals surface area contributed by atoms with E-state index in [1.54, 1.807) is 30.3 Å². The van der Waals surface area contributed by atoms with Crippen LogP contribution in [0.15, 0.2) is 30.3 Å². The van der Waals surface area contributed by atoms with Gasteiger partial charge >= 0.3 is 23.9 Å². The molecule has 1 fully saturated rings. The van der Waals surface area contributed by atoms with Crippen LogP contribution in [0, 0.1) is 0 Å². The maximum atomic E-state index is 12.7. The molecular formula is C22H27NO10. The van der Waals surface area contributed by atoms with E-state index < -0.39 is 60.4 Å². The molecule has 0 aromatic heterocycles. The number of carbonyl (C=O) groups is 5. The first-order valence-electron chi connectivity index (χ1n) is 10.2. The van der Waals surface area contributed by atoms with Crippen molar-refractivity contribution in [3.63, 3.8) is 0 Å². The Labute approximate surface area is 190 Å². The number of ether oxygens (including phenoxy) is 5. The number of nitrogens with one attached hydrogen (secondary N) is 1. The highest BCUT2D eigenvalue weighted by Gasteiger charge is 2.52. The van der Waals surface area contributed by atoms with E-state index in [0.29, 0.717) is 5.56 Å². The van der Waals surface area contributed by atoms with Gasteiger partial charge in [0, 0.05) is 27.7 Å². The molecule has 1 amide bonds. The van der Waals surface area contributed by atoms with Crippen molar-refractivity contribution in [2.45, 2.75) is 64.8 Å². The SMILES string of the molecule is CC(=O)OC[C@@H]1O[C@H](OC(C)=O)[C@H](NC(=O)Cc2ccccc2)[C@H](OC(C)=O)[C@@H]1OC(C)=O. The Bertz CT molecular complexity index is 871. The summed E-state index contributed by atoms with van der Waals surface area (Å²) in [6, 6.07) is 7.63. The van der Waals surface area contributed by atoms with Crippen molar-refractivity contribution in [2.24, 2.45) is 0 Å². The molecule has 0 unspecified atom stereocenters. The van der Waals surface area contributed by atoms with E-state index in [2.05, 4.69) is 5.32 Å². The number of hydrogen-bond acceptors (Lipinski definition) is 10. The molecule has 0 saturated carbocycles. The van der Waals surface area contributed by atoms with E-state index in [4.69, 9.17) is 23.7 Å². The van der Waals surface area contributed by atoms with Gasteiger partial charge in [-0.2, -0.15) is 0 Å². The monoisotopic (exact) mass is 465 g/mol. The fourth-order valence-corrected chi connectivity index (χ4v) is 3.34. The minimum Gasteiger partial charge on any atom is -0.463 e. The van der Waals surface area contributed by atoms with E-state index >= 15 is 0 Å². The summed E-state index contributed by atoms with van der Waals surface area (Å²) in [5.74, 6) is -3.32. The van der Waals surface area contributed by atoms with Crippen LogP contribution in [-0.4, -0.2) is 67.0 Å². The molecule has 1 aliphatic rings. The summed E-state index contributed by atoms with van der Waals surface area (Å²) in [4.78, 5) is 59.4. The molecule has 33 heavy (non-hydrogen) atoms. The molecule has 11 nitrogen and oxygen atoms in total. The normalized spacial score (nSPS) is 24.2. The second kappa shape index (κ2) is 12.0. The topological polar surface area (TPSA) is 144 Å². The van der Waals surface area contributed by atoms with Crippen molar-refractivity contribution in [3.05, 3.63) is 35.9 Å². The van der Waals surface area contributed by atoms with Crippen LogP contribution in [0.1, 0.15) is 33.3 Å². The summed E-state index contributed by atoms with van der Waals surface area (Å²) in [5.41, 5.74) is 0.712. The van der Waals surface area contributed by atoms with Crippen molar-refractivity contribution in [1.82, 2.24) is 5.32 Å². The molecule has 11 heteroatoms. The van der Waals surface area contributed by atoms with Crippen LogP contribution in [0.25, 0.3) is 0 Å². The van der Waals surface area contributed by atoms with Crippen molar-refractivity contribution in [3.8, 4) is 0 Å². The molecule has 0 aliphatic carbocycles. The molecule has 1 aromatic carbocycles. The Morgan fingerprint density at radius 1 is 0.818 bits per heavy atom. The molecule has 1 saturated heterocycles. The zero-order chi connectivity index (χ0) is 24.5. The second-order valence-corrected chi connectivity index (χ2v) is 7.36. The van der Waals surface area contributed by atoms with Gasteiger partial charge in [0.05, 0.1) is 6.42 Å². The van der Waals surface area contributed by atoms with Crippen LogP contribution < -0.4 is 5.32 Å². The molecule has 1 aromatic rings. The lowest BCUT2D eigenvalue weighted by molar-refractivity contribution is -0.271. The summed E-state index contributed by atoms with van der Waals surface area (Å²) >= 11 is 0. The maximum Gasteiger partial charge on any atom is 0.305 e. The Morgan fingerprint density at radius 3 is 1.94 bits per heavy atom. The van der Waals surface area contributed by atoms with Gasteiger partial charge in [-0.25, -0.2) is 0 Å². The highest BCUT2D eigenvalue weighted by atomic mass is 16.7. The summed E-state index contributed by atoms with van der Waals surface area (Å²) in [6.07, 6.45) is -5.15. The third-order valence-electron chi connectivity index (χ3n) is 4.52. The van der Waals surface area contributed by atoms with E-state index in [0.717, 1.165) is 20.8 Å². The number of benzene rings is 1. The smallest absolute Gasteiger partial charge is 0.305 e. The quantitative estimate of drug-likeness (QED) is 0.424. The lowest BCUT2D eigenvalue weighted by Crippen LogP contribution is -2.67. The van der Waals surface area contributed by atoms with Gasteiger partial charge in [0.15, 0.2) is 12.2 Å². The molecule has 5 atom stereocenters. The van der Waals surface area contributed by atoms with Crippen LogP contribution in [0.2, 0.25) is 0 Å². The molecule has 2 rings (SSSR count). The molecule has 0 bridgehead atoms. The predicted molar refractivity (Wildman–Crippen MR) is 110 cm³/mol. The van der Waals surface area contributed by atoms with Crippen molar-refractivity contribution in [2.75, 3.05) is 6.61 Å². The third kappa shape index (κ3) is 8.19. The molecule has 0 spiro atoms. The zero-order valence-corrected chi connectivity index (χ0v) is 18.8. The first-order chi connectivity index (χ1) is 15.6. The molecular weight excluding hydrogens is 438 g/mol. The number of hydrogen-bond donors (Lipinski definition) is 1. The summed E-state index contributed by atoms with van der Waals surface area (Å²) in [5, 5.41) is 2.65. The highest BCUT2D eigenvalue weighted by Crippen LogP contribution is 2.28. The summed E-state index contributed by atoms with van der Waals surface area (Å²) < 4.78 is 26.6. The van der Waals surface area contributed by atoms with Gasteiger partial charge in [0.25, 0.3) is 0 Å². The van der Waals surface area contributed by atoms with Crippen LogP contribution >= 0.6 is 0 Å². The van der Waals surface area contributed by atoms with Crippen LogP contribution in [0.4, 0.5) is 0 Å². The maximum absolute atomic E-state index is 12.7. The van der Waals surface area contributed by atoms with Gasteiger partial charge in [0.1, 0.15) is 18.8 Å².